The van der Waals surface area contributed by atoms with Crippen molar-refractivity contribution < 1.29 is 4.39 Å². The molecule has 0 radical (unpaired) electrons. The van der Waals surface area contributed by atoms with Crippen molar-refractivity contribution in [3.8, 4) is 21.6 Å². The number of aromatic nitrogens is 2. The van der Waals surface area contributed by atoms with E-state index in [-0.39, 0.29) is 5.82 Å². The summed E-state index contributed by atoms with van der Waals surface area (Å²) >= 11 is 7.38. The first kappa shape index (κ1) is 13.5. The molecule has 108 valence electrons. The summed E-state index contributed by atoms with van der Waals surface area (Å²) in [4.78, 5) is 8.17. The fourth-order valence-electron chi connectivity index (χ4n) is 2.48. The molecule has 2 aromatic heterocycles. The first-order valence-corrected chi connectivity index (χ1v) is 7.89. The first-order valence-electron chi connectivity index (χ1n) is 6.69. The van der Waals surface area contributed by atoms with E-state index in [0.29, 0.717) is 9.90 Å². The maximum absolute atomic E-state index is 14.5. The molecule has 0 fully saturated rings. The monoisotopic (exact) mass is 328 g/mol. The molecule has 4 aromatic rings. The van der Waals surface area contributed by atoms with Gasteiger partial charge in [-0.25, -0.2) is 9.37 Å². The highest BCUT2D eigenvalue weighted by molar-refractivity contribution is 7.19. The van der Waals surface area contributed by atoms with E-state index >= 15 is 0 Å². The Labute approximate surface area is 135 Å². The zero-order chi connectivity index (χ0) is 15.1. The zero-order valence-electron chi connectivity index (χ0n) is 11.3. The predicted molar refractivity (Wildman–Crippen MR) is 89.8 cm³/mol. The maximum Gasteiger partial charge on any atom is 0.131 e. The number of hydrogen-bond donors (Lipinski definition) is 1. The normalized spacial score (nSPS) is 11.2. The highest BCUT2D eigenvalue weighted by atomic mass is 35.5. The van der Waals surface area contributed by atoms with E-state index < -0.39 is 0 Å². The van der Waals surface area contributed by atoms with E-state index in [1.807, 2.05) is 36.4 Å². The molecule has 1 N–H and O–H groups in total. The van der Waals surface area contributed by atoms with Crippen LogP contribution in [0.5, 0.6) is 0 Å². The molecular formula is C17H10ClFN2S. The average Bonchev–Trinajstić information content (AvgIpc) is 3.15. The summed E-state index contributed by atoms with van der Waals surface area (Å²) in [6.07, 6.45) is 1.63. The highest BCUT2D eigenvalue weighted by Crippen LogP contribution is 2.34. The van der Waals surface area contributed by atoms with Crippen LogP contribution in [-0.4, -0.2) is 9.97 Å². The fourth-order valence-corrected chi connectivity index (χ4v) is 3.51. The minimum atomic E-state index is -0.249. The topological polar surface area (TPSA) is 28.7 Å². The zero-order valence-corrected chi connectivity index (χ0v) is 12.9. The SMILES string of the molecule is Fc1cc(-c2ccc(Cl)s2)ccc1-c1ccc2nc[nH]c2c1. The van der Waals surface area contributed by atoms with E-state index in [0.717, 1.165) is 27.0 Å². The van der Waals surface area contributed by atoms with Gasteiger partial charge in [-0.3, -0.25) is 0 Å². The Morgan fingerprint density at radius 3 is 2.64 bits per heavy atom. The number of benzene rings is 2. The quantitative estimate of drug-likeness (QED) is 0.498. The van der Waals surface area contributed by atoms with E-state index in [1.54, 1.807) is 18.5 Å². The highest BCUT2D eigenvalue weighted by Gasteiger charge is 2.10. The van der Waals surface area contributed by atoms with E-state index in [4.69, 9.17) is 11.6 Å². The molecule has 0 bridgehead atoms. The smallest absolute Gasteiger partial charge is 0.131 e. The molecule has 0 unspecified atom stereocenters. The predicted octanol–water partition coefficient (Wildman–Crippen LogP) is 5.75. The Bertz CT molecular complexity index is 974. The van der Waals surface area contributed by atoms with Gasteiger partial charge in [0.25, 0.3) is 0 Å². The van der Waals surface area contributed by atoms with Gasteiger partial charge in [0.15, 0.2) is 0 Å². The van der Waals surface area contributed by atoms with Gasteiger partial charge in [0.05, 0.1) is 21.7 Å². The molecule has 0 aliphatic rings. The Hall–Kier alpha value is -2.17. The summed E-state index contributed by atoms with van der Waals surface area (Å²) in [6.45, 7) is 0. The molecule has 0 amide bonds. The molecule has 2 aromatic carbocycles. The molecule has 0 aliphatic heterocycles. The Balaban J connectivity index is 1.79. The van der Waals surface area contributed by atoms with Crippen molar-refractivity contribution in [1.29, 1.82) is 0 Å². The number of halogens is 2. The van der Waals surface area contributed by atoms with Crippen LogP contribution >= 0.6 is 22.9 Å². The standard InChI is InChI=1S/C17H10ClFN2S/c18-17-6-5-16(22-17)11-1-3-12(13(19)7-11)10-2-4-14-15(8-10)21-9-20-14/h1-9H,(H,20,21). The summed E-state index contributed by atoms with van der Waals surface area (Å²) in [5, 5.41) is 0. The summed E-state index contributed by atoms with van der Waals surface area (Å²) in [7, 11) is 0. The van der Waals surface area contributed by atoms with Crippen molar-refractivity contribution in [1.82, 2.24) is 9.97 Å². The van der Waals surface area contributed by atoms with E-state index in [9.17, 15) is 4.39 Å². The largest absolute Gasteiger partial charge is 0.345 e. The van der Waals surface area contributed by atoms with Crippen LogP contribution in [0, 0.1) is 5.82 Å². The minimum Gasteiger partial charge on any atom is -0.345 e. The first-order chi connectivity index (χ1) is 10.7. The number of nitrogens with zero attached hydrogens (tertiary/aromatic N) is 1. The second-order valence-corrected chi connectivity index (χ2v) is 6.65. The van der Waals surface area contributed by atoms with Gasteiger partial charge in [-0.1, -0.05) is 29.8 Å². The maximum atomic E-state index is 14.5. The van der Waals surface area contributed by atoms with Crippen LogP contribution in [0.15, 0.2) is 54.9 Å². The van der Waals surface area contributed by atoms with Crippen LogP contribution in [0.1, 0.15) is 0 Å². The van der Waals surface area contributed by atoms with Gasteiger partial charge in [0, 0.05) is 10.4 Å². The third-order valence-electron chi connectivity index (χ3n) is 3.56. The Kier molecular flexibility index (Phi) is 3.21. The summed E-state index contributed by atoms with van der Waals surface area (Å²) in [5.74, 6) is -0.249. The lowest BCUT2D eigenvalue weighted by Gasteiger charge is -2.06. The molecular weight excluding hydrogens is 319 g/mol. The van der Waals surface area contributed by atoms with Gasteiger partial charge in [0.2, 0.25) is 0 Å². The van der Waals surface area contributed by atoms with Crippen molar-refractivity contribution in [2.24, 2.45) is 0 Å². The molecule has 2 heterocycles. The van der Waals surface area contributed by atoms with Crippen molar-refractivity contribution in [3.63, 3.8) is 0 Å². The lowest BCUT2D eigenvalue weighted by molar-refractivity contribution is 0.632. The van der Waals surface area contributed by atoms with Gasteiger partial charge in [-0.05, 0) is 41.5 Å². The van der Waals surface area contributed by atoms with Crippen LogP contribution in [0.25, 0.3) is 32.6 Å². The molecule has 5 heteroatoms. The second-order valence-electron chi connectivity index (χ2n) is 4.93. The van der Waals surface area contributed by atoms with E-state index in [1.165, 1.54) is 11.3 Å². The average molecular weight is 329 g/mol. The number of imidazole rings is 1. The third-order valence-corrected chi connectivity index (χ3v) is 4.84. The van der Waals surface area contributed by atoms with Crippen molar-refractivity contribution in [2.45, 2.75) is 0 Å². The number of fused-ring (bicyclic) bond motifs is 1. The van der Waals surface area contributed by atoms with Gasteiger partial charge >= 0.3 is 0 Å². The summed E-state index contributed by atoms with van der Waals surface area (Å²) < 4.78 is 15.2. The van der Waals surface area contributed by atoms with Crippen LogP contribution < -0.4 is 0 Å². The third kappa shape index (κ3) is 2.30. The van der Waals surface area contributed by atoms with Crippen LogP contribution in [0.2, 0.25) is 4.34 Å². The van der Waals surface area contributed by atoms with Crippen molar-refractivity contribution in [3.05, 3.63) is 65.0 Å². The van der Waals surface area contributed by atoms with Crippen LogP contribution in [-0.2, 0) is 0 Å². The Morgan fingerprint density at radius 1 is 1.00 bits per heavy atom. The van der Waals surface area contributed by atoms with Gasteiger partial charge in [-0.2, -0.15) is 0 Å². The molecule has 2 nitrogen and oxygen atoms in total. The lowest BCUT2D eigenvalue weighted by Crippen LogP contribution is -1.86. The molecule has 0 aliphatic carbocycles. The summed E-state index contributed by atoms with van der Waals surface area (Å²) in [6, 6.07) is 14.7. The van der Waals surface area contributed by atoms with Gasteiger partial charge < -0.3 is 4.98 Å². The molecule has 0 atom stereocenters. The lowest BCUT2D eigenvalue weighted by atomic mass is 10.0. The van der Waals surface area contributed by atoms with Gasteiger partial charge in [-0.15, -0.1) is 11.3 Å². The van der Waals surface area contributed by atoms with Crippen molar-refractivity contribution in [2.75, 3.05) is 0 Å². The van der Waals surface area contributed by atoms with Crippen LogP contribution in [0.3, 0.4) is 0 Å². The molecule has 0 saturated carbocycles. The summed E-state index contributed by atoms with van der Waals surface area (Å²) in [5.41, 5.74) is 3.99. The van der Waals surface area contributed by atoms with Gasteiger partial charge in [0.1, 0.15) is 5.82 Å². The number of nitrogens with one attached hydrogen (secondary N) is 1. The van der Waals surface area contributed by atoms with Crippen molar-refractivity contribution >= 4 is 34.0 Å². The fraction of sp³-hybridized carbons (Fsp3) is 0. The minimum absolute atomic E-state index is 0.249. The number of aromatic amines is 1. The number of thiophene rings is 1. The van der Waals surface area contributed by atoms with E-state index in [2.05, 4.69) is 9.97 Å². The van der Waals surface area contributed by atoms with Crippen LogP contribution in [0.4, 0.5) is 4.39 Å². The molecule has 0 saturated heterocycles. The number of hydrogen-bond acceptors (Lipinski definition) is 2. The molecule has 0 spiro atoms. The molecule has 22 heavy (non-hydrogen) atoms. The Morgan fingerprint density at radius 2 is 1.86 bits per heavy atom. The number of H-pyrrole nitrogens is 1. The number of rotatable bonds is 2. The second kappa shape index (κ2) is 5.23. The molecule has 4 rings (SSSR count).